The molecule has 0 radical (unpaired) electrons. The smallest absolute Gasteiger partial charge is 0.258 e. The number of amides is 2. The van der Waals surface area contributed by atoms with Crippen LogP contribution in [-0.4, -0.2) is 30.5 Å². The second kappa shape index (κ2) is 6.64. The quantitative estimate of drug-likeness (QED) is 0.594. The molecule has 118 valence electrons. The maximum absolute atomic E-state index is 12.0. The van der Waals surface area contributed by atoms with Gasteiger partial charge in [0, 0.05) is 0 Å². The monoisotopic (exact) mass is 302 g/mol. The van der Waals surface area contributed by atoms with E-state index in [0.717, 1.165) is 6.42 Å². The molecule has 2 rings (SSSR count). The van der Waals surface area contributed by atoms with Gasteiger partial charge >= 0.3 is 0 Å². The van der Waals surface area contributed by atoms with Crippen LogP contribution < -0.4 is 15.4 Å². The number of rotatable bonds is 7. The van der Waals surface area contributed by atoms with Crippen molar-refractivity contribution < 1.29 is 14.3 Å². The zero-order valence-corrected chi connectivity index (χ0v) is 13.0. The maximum Gasteiger partial charge on any atom is 0.258 e. The van der Waals surface area contributed by atoms with Crippen LogP contribution in [0.3, 0.4) is 0 Å². The molecule has 22 heavy (non-hydrogen) atoms. The second-order valence-corrected chi connectivity index (χ2v) is 6.11. The summed E-state index contributed by atoms with van der Waals surface area (Å²) in [4.78, 5) is 23.7. The number of carbonyl (C=O) groups is 2. The van der Waals surface area contributed by atoms with E-state index in [1.165, 1.54) is 0 Å². The van der Waals surface area contributed by atoms with Crippen molar-refractivity contribution in [2.45, 2.75) is 32.4 Å². The predicted molar refractivity (Wildman–Crippen MR) is 84.4 cm³/mol. The molecule has 0 aromatic heterocycles. The lowest BCUT2D eigenvalue weighted by molar-refractivity contribution is -0.140. The molecule has 2 amide bonds. The molecule has 1 heterocycles. The molecule has 2 N–H and O–H groups in total. The fraction of sp³-hybridized carbons (Fsp3) is 0.412. The van der Waals surface area contributed by atoms with Crippen molar-refractivity contribution in [3.05, 3.63) is 43.0 Å². The first kappa shape index (κ1) is 16.1. The van der Waals surface area contributed by atoms with Gasteiger partial charge in [0.2, 0.25) is 5.91 Å². The van der Waals surface area contributed by atoms with Crippen molar-refractivity contribution in [3.8, 4) is 5.75 Å². The highest BCUT2D eigenvalue weighted by Gasteiger charge is 2.48. The van der Waals surface area contributed by atoms with Gasteiger partial charge in [-0.05, 0) is 24.0 Å². The first-order valence-electron chi connectivity index (χ1n) is 7.32. The van der Waals surface area contributed by atoms with Gasteiger partial charge in [0.05, 0.1) is 6.04 Å². The van der Waals surface area contributed by atoms with E-state index in [9.17, 15) is 9.59 Å². The summed E-state index contributed by atoms with van der Waals surface area (Å²) in [5.74, 6) is 0.164. The Labute approximate surface area is 130 Å². The van der Waals surface area contributed by atoms with Crippen molar-refractivity contribution >= 4 is 11.8 Å². The summed E-state index contributed by atoms with van der Waals surface area (Å²) in [6.07, 6.45) is 2.58. The first-order chi connectivity index (χ1) is 10.4. The molecule has 1 fully saturated rings. The number of nitrogens with one attached hydrogen (secondary N) is 2. The summed E-state index contributed by atoms with van der Waals surface area (Å²) in [5, 5.41) is 5.60. The number of hydrogen-bond donors (Lipinski definition) is 2. The standard InChI is InChI=1S/C17H22N2O3/c1-4-10-17(2,3)15-14(16(21)19-15)18-13(20)11-22-12-8-6-5-7-9-12/h4-9,14-15H,1,10-11H2,2-3H3,(H,18,20)(H,19,21). The van der Waals surface area contributed by atoms with E-state index in [-0.39, 0.29) is 29.9 Å². The summed E-state index contributed by atoms with van der Waals surface area (Å²) in [6.45, 7) is 7.71. The molecule has 5 heteroatoms. The molecule has 2 atom stereocenters. The number of carbonyl (C=O) groups excluding carboxylic acids is 2. The van der Waals surface area contributed by atoms with Crippen LogP contribution in [0.25, 0.3) is 0 Å². The molecule has 1 aliphatic heterocycles. The second-order valence-electron chi connectivity index (χ2n) is 6.11. The summed E-state index contributed by atoms with van der Waals surface area (Å²) < 4.78 is 5.38. The van der Waals surface area contributed by atoms with Crippen LogP contribution in [0.5, 0.6) is 5.75 Å². The number of allylic oxidation sites excluding steroid dienone is 1. The molecule has 2 unspecified atom stereocenters. The van der Waals surface area contributed by atoms with Crippen molar-refractivity contribution in [2.75, 3.05) is 6.61 Å². The third-order valence-electron chi connectivity index (χ3n) is 3.86. The van der Waals surface area contributed by atoms with E-state index in [0.29, 0.717) is 5.75 Å². The summed E-state index contributed by atoms with van der Waals surface area (Å²) in [6, 6.07) is 8.48. The Morgan fingerprint density at radius 3 is 2.68 bits per heavy atom. The number of benzene rings is 1. The van der Waals surface area contributed by atoms with E-state index >= 15 is 0 Å². The fourth-order valence-corrected chi connectivity index (χ4v) is 2.56. The highest BCUT2D eigenvalue weighted by molar-refractivity contribution is 5.94. The van der Waals surface area contributed by atoms with Gasteiger partial charge in [-0.2, -0.15) is 0 Å². The van der Waals surface area contributed by atoms with Gasteiger partial charge in [-0.25, -0.2) is 0 Å². The van der Waals surface area contributed by atoms with Gasteiger partial charge in [0.15, 0.2) is 6.61 Å². The summed E-state index contributed by atoms with van der Waals surface area (Å²) >= 11 is 0. The SMILES string of the molecule is C=CCC(C)(C)C1NC(=O)C1NC(=O)COc1ccccc1. The topological polar surface area (TPSA) is 67.4 Å². The van der Waals surface area contributed by atoms with Gasteiger partial charge < -0.3 is 15.4 Å². The Hall–Kier alpha value is -2.30. The first-order valence-corrected chi connectivity index (χ1v) is 7.32. The Morgan fingerprint density at radius 2 is 2.09 bits per heavy atom. The molecule has 0 saturated carbocycles. The average molecular weight is 302 g/mol. The van der Waals surface area contributed by atoms with Crippen LogP contribution in [0, 0.1) is 5.41 Å². The zero-order valence-electron chi connectivity index (χ0n) is 13.0. The minimum Gasteiger partial charge on any atom is -0.484 e. The lowest BCUT2D eigenvalue weighted by atomic mass is 9.73. The van der Waals surface area contributed by atoms with Crippen molar-refractivity contribution in [1.82, 2.24) is 10.6 Å². The van der Waals surface area contributed by atoms with Gasteiger partial charge in [-0.15, -0.1) is 6.58 Å². The highest BCUT2D eigenvalue weighted by Crippen LogP contribution is 2.31. The third kappa shape index (κ3) is 3.67. The number of para-hydroxylation sites is 1. The molecule has 1 aromatic rings. The van der Waals surface area contributed by atoms with Crippen LogP contribution in [-0.2, 0) is 9.59 Å². The predicted octanol–water partition coefficient (Wildman–Crippen LogP) is 1.65. The minimum absolute atomic E-state index is 0.0984. The van der Waals surface area contributed by atoms with Crippen LogP contribution >= 0.6 is 0 Å². The lowest BCUT2D eigenvalue weighted by Gasteiger charge is -2.46. The normalized spacial score (nSPS) is 20.5. The fourth-order valence-electron chi connectivity index (χ4n) is 2.56. The number of ether oxygens (including phenoxy) is 1. The van der Waals surface area contributed by atoms with Crippen LogP contribution in [0.1, 0.15) is 20.3 Å². The van der Waals surface area contributed by atoms with Gasteiger partial charge in [-0.1, -0.05) is 38.1 Å². The molecule has 5 nitrogen and oxygen atoms in total. The largest absolute Gasteiger partial charge is 0.484 e. The zero-order chi connectivity index (χ0) is 16.2. The molecule has 1 aliphatic rings. The number of β-lactam (4-membered cyclic amide) rings is 1. The lowest BCUT2D eigenvalue weighted by Crippen LogP contribution is -2.73. The molecule has 1 saturated heterocycles. The van der Waals surface area contributed by atoms with Gasteiger partial charge in [0.25, 0.3) is 5.91 Å². The Morgan fingerprint density at radius 1 is 1.41 bits per heavy atom. The molecular weight excluding hydrogens is 280 g/mol. The van der Waals surface area contributed by atoms with E-state index in [4.69, 9.17) is 4.74 Å². The van der Waals surface area contributed by atoms with Crippen molar-refractivity contribution in [3.63, 3.8) is 0 Å². The van der Waals surface area contributed by atoms with E-state index in [1.54, 1.807) is 12.1 Å². The molecular formula is C17H22N2O3. The van der Waals surface area contributed by atoms with E-state index in [1.807, 2.05) is 38.1 Å². The maximum atomic E-state index is 12.0. The van der Waals surface area contributed by atoms with Crippen LogP contribution in [0.2, 0.25) is 0 Å². The van der Waals surface area contributed by atoms with Crippen LogP contribution in [0.4, 0.5) is 0 Å². The number of hydrogen-bond acceptors (Lipinski definition) is 3. The average Bonchev–Trinajstić information content (AvgIpc) is 2.49. The molecule has 0 spiro atoms. The molecule has 0 aliphatic carbocycles. The molecule has 1 aromatic carbocycles. The van der Waals surface area contributed by atoms with Gasteiger partial charge in [0.1, 0.15) is 11.8 Å². The Balaban J connectivity index is 1.87. The van der Waals surface area contributed by atoms with Gasteiger partial charge in [-0.3, -0.25) is 9.59 Å². The third-order valence-corrected chi connectivity index (χ3v) is 3.86. The summed E-state index contributed by atoms with van der Waals surface area (Å²) in [5.41, 5.74) is -0.159. The minimum atomic E-state index is -0.512. The molecule has 0 bridgehead atoms. The highest BCUT2D eigenvalue weighted by atomic mass is 16.5. The Bertz CT molecular complexity index is 554. The van der Waals surface area contributed by atoms with E-state index in [2.05, 4.69) is 17.2 Å². The van der Waals surface area contributed by atoms with Crippen molar-refractivity contribution in [2.24, 2.45) is 5.41 Å². The van der Waals surface area contributed by atoms with E-state index < -0.39 is 6.04 Å². The Kier molecular flexibility index (Phi) is 4.85. The van der Waals surface area contributed by atoms with Crippen LogP contribution in [0.15, 0.2) is 43.0 Å². The van der Waals surface area contributed by atoms with Crippen molar-refractivity contribution in [1.29, 1.82) is 0 Å². The summed E-state index contributed by atoms with van der Waals surface area (Å²) in [7, 11) is 0.